The Morgan fingerprint density at radius 1 is 1.06 bits per heavy atom. The van der Waals surface area contributed by atoms with Crippen LogP contribution in [0, 0.1) is 11.6 Å². The molecule has 1 fully saturated rings. The maximum Gasteiger partial charge on any atom is 0.243 e. The number of rotatable bonds is 10. The third-order valence-corrected chi connectivity index (χ3v) is 8.60. The van der Waals surface area contributed by atoms with Gasteiger partial charge < -0.3 is 10.1 Å². The van der Waals surface area contributed by atoms with Crippen molar-refractivity contribution in [3.05, 3.63) is 54.1 Å². The summed E-state index contributed by atoms with van der Waals surface area (Å²) in [4.78, 5) is 12.7. The molecule has 0 aromatic heterocycles. The Kier molecular flexibility index (Phi) is 8.34. The van der Waals surface area contributed by atoms with Crippen molar-refractivity contribution in [3.8, 4) is 5.75 Å². The average molecular weight is 532 g/mol. The zero-order chi connectivity index (χ0) is 25.8. The van der Waals surface area contributed by atoms with Crippen LogP contribution in [0.3, 0.4) is 0 Å². The van der Waals surface area contributed by atoms with Crippen molar-refractivity contribution in [2.24, 2.45) is 0 Å². The van der Waals surface area contributed by atoms with Crippen molar-refractivity contribution >= 4 is 31.6 Å². The van der Waals surface area contributed by atoms with E-state index in [1.807, 2.05) is 0 Å². The molecule has 13 heteroatoms. The molecule has 1 unspecified atom stereocenters. The fourth-order valence-corrected chi connectivity index (χ4v) is 6.39. The van der Waals surface area contributed by atoms with Crippen LogP contribution in [0.15, 0.2) is 47.4 Å². The topological polar surface area (TPSA) is 113 Å². The second-order valence-corrected chi connectivity index (χ2v) is 11.9. The number of nitrogens with zero attached hydrogens (tertiary/aromatic N) is 2. The second kappa shape index (κ2) is 10.9. The van der Waals surface area contributed by atoms with Crippen LogP contribution in [0.25, 0.3) is 0 Å². The van der Waals surface area contributed by atoms with E-state index in [0.29, 0.717) is 29.2 Å². The van der Waals surface area contributed by atoms with E-state index in [-0.39, 0.29) is 23.7 Å². The zero-order valence-electron chi connectivity index (χ0n) is 19.3. The molecule has 2 aromatic carbocycles. The summed E-state index contributed by atoms with van der Waals surface area (Å²) in [5.74, 6) is -2.66. The van der Waals surface area contributed by atoms with E-state index >= 15 is 0 Å². The number of hydrogen-bond donors (Lipinski definition) is 1. The number of carbonyl (C=O) groups excluding carboxylic acids is 1. The lowest BCUT2D eigenvalue weighted by molar-refractivity contribution is -0.121. The summed E-state index contributed by atoms with van der Waals surface area (Å²) >= 11 is 0. The Labute approximate surface area is 203 Å². The molecular weight excluding hydrogens is 504 g/mol. The molecule has 2 aromatic rings. The zero-order valence-corrected chi connectivity index (χ0v) is 20.9. The minimum Gasteiger partial charge on any atom is -0.492 e. The first-order chi connectivity index (χ1) is 16.4. The molecule has 1 saturated heterocycles. The van der Waals surface area contributed by atoms with Gasteiger partial charge in [0, 0.05) is 19.2 Å². The maximum absolute atomic E-state index is 13.6. The fourth-order valence-electron chi connectivity index (χ4n) is 3.71. The molecule has 1 aliphatic heterocycles. The van der Waals surface area contributed by atoms with Gasteiger partial charge in [0.25, 0.3) is 0 Å². The molecule has 0 aliphatic carbocycles. The van der Waals surface area contributed by atoms with Gasteiger partial charge in [-0.25, -0.2) is 25.6 Å². The number of benzene rings is 2. The van der Waals surface area contributed by atoms with E-state index in [4.69, 9.17) is 4.74 Å². The number of sulfonamides is 2. The van der Waals surface area contributed by atoms with Crippen molar-refractivity contribution in [1.29, 1.82) is 0 Å². The standard InChI is InChI=1S/C22H27F2N3O6S2/c1-16(27(34(2,29)30)17-5-10-20(23)21(24)15-17)22(28)25-11-14-33-18-6-8-19(9-7-18)35(31,32)26-12-3-4-13-26/h5-10,15-16H,3-4,11-14H2,1-2H3,(H,25,28). The van der Waals surface area contributed by atoms with Crippen LogP contribution in [0.5, 0.6) is 5.75 Å². The molecule has 1 N–H and O–H groups in total. The number of nitrogens with one attached hydrogen (secondary N) is 1. The van der Waals surface area contributed by atoms with Crippen LogP contribution in [-0.4, -0.2) is 65.6 Å². The van der Waals surface area contributed by atoms with Crippen LogP contribution < -0.4 is 14.4 Å². The van der Waals surface area contributed by atoms with Crippen LogP contribution >= 0.6 is 0 Å². The van der Waals surface area contributed by atoms with E-state index in [1.54, 1.807) is 0 Å². The summed E-state index contributed by atoms with van der Waals surface area (Å²) in [7, 11) is -7.52. The van der Waals surface area contributed by atoms with E-state index in [1.165, 1.54) is 35.5 Å². The Morgan fingerprint density at radius 3 is 2.26 bits per heavy atom. The molecule has 1 heterocycles. The highest BCUT2D eigenvalue weighted by Gasteiger charge is 2.30. The average Bonchev–Trinajstić information content (AvgIpc) is 3.34. The molecule has 0 spiro atoms. The molecule has 35 heavy (non-hydrogen) atoms. The number of carbonyl (C=O) groups is 1. The quantitative estimate of drug-likeness (QED) is 0.470. The van der Waals surface area contributed by atoms with Gasteiger partial charge in [-0.05, 0) is 56.2 Å². The van der Waals surface area contributed by atoms with Crippen LogP contribution in [0.2, 0.25) is 0 Å². The maximum atomic E-state index is 13.6. The number of hydrogen-bond acceptors (Lipinski definition) is 6. The van der Waals surface area contributed by atoms with E-state index < -0.39 is 43.6 Å². The highest BCUT2D eigenvalue weighted by atomic mass is 32.2. The molecule has 192 valence electrons. The van der Waals surface area contributed by atoms with Gasteiger partial charge in [0.05, 0.1) is 23.4 Å². The lowest BCUT2D eigenvalue weighted by Gasteiger charge is -2.28. The van der Waals surface area contributed by atoms with Crippen molar-refractivity contribution in [1.82, 2.24) is 9.62 Å². The summed E-state index contributed by atoms with van der Waals surface area (Å²) in [6.07, 6.45) is 2.54. The highest BCUT2D eigenvalue weighted by Crippen LogP contribution is 2.24. The smallest absolute Gasteiger partial charge is 0.243 e. The predicted molar refractivity (Wildman–Crippen MR) is 126 cm³/mol. The van der Waals surface area contributed by atoms with Crippen LogP contribution in [-0.2, 0) is 24.8 Å². The first-order valence-corrected chi connectivity index (χ1v) is 14.2. The minimum atomic E-state index is -3.99. The normalized spacial score (nSPS) is 15.5. The summed E-state index contributed by atoms with van der Waals surface area (Å²) in [6, 6.07) is 7.25. The molecule has 9 nitrogen and oxygen atoms in total. The van der Waals surface area contributed by atoms with E-state index in [9.17, 15) is 30.4 Å². The van der Waals surface area contributed by atoms with Gasteiger partial charge in [-0.3, -0.25) is 9.10 Å². The number of anilines is 1. The van der Waals surface area contributed by atoms with Gasteiger partial charge >= 0.3 is 0 Å². The summed E-state index contributed by atoms with van der Waals surface area (Å²) in [5, 5.41) is 2.53. The molecule has 3 rings (SSSR count). The Hall–Kier alpha value is -2.77. The first kappa shape index (κ1) is 26.8. The predicted octanol–water partition coefficient (Wildman–Crippen LogP) is 2.10. The summed E-state index contributed by atoms with van der Waals surface area (Å²) < 4.78 is 84.1. The van der Waals surface area contributed by atoms with Gasteiger partial charge in [0.2, 0.25) is 26.0 Å². The molecule has 0 bridgehead atoms. The Morgan fingerprint density at radius 2 is 1.69 bits per heavy atom. The highest BCUT2D eigenvalue weighted by molar-refractivity contribution is 7.92. The molecule has 0 radical (unpaired) electrons. The van der Waals surface area contributed by atoms with Gasteiger partial charge in [0.15, 0.2) is 11.6 Å². The van der Waals surface area contributed by atoms with Crippen molar-refractivity contribution in [3.63, 3.8) is 0 Å². The summed E-state index contributed by atoms with van der Waals surface area (Å²) in [6.45, 7) is 2.38. The van der Waals surface area contributed by atoms with Crippen molar-refractivity contribution < 1.29 is 35.1 Å². The summed E-state index contributed by atoms with van der Waals surface area (Å²) in [5.41, 5.74) is -0.186. The van der Waals surface area contributed by atoms with Gasteiger partial charge in [-0.15, -0.1) is 0 Å². The molecule has 1 atom stereocenters. The van der Waals surface area contributed by atoms with Crippen molar-refractivity contribution in [2.45, 2.75) is 30.7 Å². The first-order valence-electron chi connectivity index (χ1n) is 10.9. The SMILES string of the molecule is CC(C(=O)NCCOc1ccc(S(=O)(=O)N2CCCC2)cc1)N(c1ccc(F)c(F)c1)S(C)(=O)=O. The third-order valence-electron chi connectivity index (χ3n) is 5.44. The lowest BCUT2D eigenvalue weighted by Crippen LogP contribution is -2.48. The lowest BCUT2D eigenvalue weighted by atomic mass is 10.2. The number of ether oxygens (including phenoxy) is 1. The van der Waals surface area contributed by atoms with Crippen LogP contribution in [0.4, 0.5) is 14.5 Å². The number of amides is 1. The largest absolute Gasteiger partial charge is 0.492 e. The van der Waals surface area contributed by atoms with Gasteiger partial charge in [-0.2, -0.15) is 4.31 Å². The Bertz CT molecular complexity index is 1260. The molecule has 0 saturated carbocycles. The number of halogens is 2. The monoisotopic (exact) mass is 531 g/mol. The van der Waals surface area contributed by atoms with Gasteiger partial charge in [-0.1, -0.05) is 0 Å². The molecular formula is C22H27F2N3O6S2. The van der Waals surface area contributed by atoms with Crippen molar-refractivity contribution in [2.75, 3.05) is 36.8 Å². The second-order valence-electron chi connectivity index (χ2n) is 8.06. The van der Waals surface area contributed by atoms with E-state index in [0.717, 1.165) is 31.2 Å². The molecule has 1 amide bonds. The van der Waals surface area contributed by atoms with Gasteiger partial charge in [0.1, 0.15) is 18.4 Å². The minimum absolute atomic E-state index is 0.0202. The fraction of sp³-hybridized carbons (Fsp3) is 0.409. The third kappa shape index (κ3) is 6.47. The molecule has 1 aliphatic rings. The Balaban J connectivity index is 1.55. The van der Waals surface area contributed by atoms with Crippen LogP contribution in [0.1, 0.15) is 19.8 Å². The van der Waals surface area contributed by atoms with E-state index in [2.05, 4.69) is 5.32 Å².